The number of benzene rings is 1. The summed E-state index contributed by atoms with van der Waals surface area (Å²) in [6.07, 6.45) is 4.92. The maximum Gasteiger partial charge on any atom is 0.237 e. The van der Waals surface area contributed by atoms with Gasteiger partial charge in [-0.05, 0) is 55.2 Å². The highest BCUT2D eigenvalue weighted by atomic mass is 35.5. The molecule has 118 valence electrons. The Balaban J connectivity index is 0.00000220. The van der Waals surface area contributed by atoms with Crippen LogP contribution in [0.25, 0.3) is 0 Å². The second-order valence-electron chi connectivity index (χ2n) is 6.24. The lowest BCUT2D eigenvalue weighted by Crippen LogP contribution is -2.44. The van der Waals surface area contributed by atoms with Crippen molar-refractivity contribution in [3.8, 4) is 0 Å². The number of nitrogens with two attached hydrogens (primary N) is 1. The smallest absolute Gasteiger partial charge is 0.237 e. The Bertz CT molecular complexity index is 488. The first kappa shape index (κ1) is 18.0. The van der Waals surface area contributed by atoms with E-state index in [4.69, 9.17) is 5.73 Å². The van der Waals surface area contributed by atoms with Crippen LogP contribution < -0.4 is 11.1 Å². The highest BCUT2D eigenvalue weighted by Gasteiger charge is 2.20. The van der Waals surface area contributed by atoms with Crippen LogP contribution in [0.4, 0.5) is 0 Å². The van der Waals surface area contributed by atoms with E-state index in [0.717, 1.165) is 6.42 Å². The predicted octanol–water partition coefficient (Wildman–Crippen LogP) is 3.15. The zero-order valence-corrected chi connectivity index (χ0v) is 14.0. The number of nitrogens with one attached hydrogen (secondary N) is 1. The van der Waals surface area contributed by atoms with E-state index in [1.807, 2.05) is 20.8 Å². The lowest BCUT2D eigenvalue weighted by molar-refractivity contribution is -0.123. The van der Waals surface area contributed by atoms with Gasteiger partial charge in [0.2, 0.25) is 5.91 Å². The van der Waals surface area contributed by atoms with Crippen LogP contribution in [0.3, 0.4) is 0 Å². The number of halogens is 1. The number of rotatable bonds is 4. The fraction of sp³-hybridized carbons (Fsp3) is 0.588. The van der Waals surface area contributed by atoms with Crippen LogP contribution in [0.1, 0.15) is 56.3 Å². The summed E-state index contributed by atoms with van der Waals surface area (Å²) in [5, 5.41) is 3.02. The van der Waals surface area contributed by atoms with Gasteiger partial charge in [0, 0.05) is 0 Å². The van der Waals surface area contributed by atoms with Crippen molar-refractivity contribution in [1.82, 2.24) is 5.32 Å². The van der Waals surface area contributed by atoms with E-state index in [9.17, 15) is 4.79 Å². The molecule has 1 aliphatic rings. The molecule has 0 aromatic heterocycles. The Morgan fingerprint density at radius 3 is 2.38 bits per heavy atom. The maximum absolute atomic E-state index is 12.0. The second-order valence-corrected chi connectivity index (χ2v) is 6.24. The average Bonchev–Trinajstić information content (AvgIpc) is 2.45. The molecule has 2 atom stereocenters. The van der Waals surface area contributed by atoms with Gasteiger partial charge in [0.05, 0.1) is 12.1 Å². The van der Waals surface area contributed by atoms with E-state index in [1.54, 1.807) is 0 Å². The lowest BCUT2D eigenvalue weighted by Gasteiger charge is -2.22. The molecule has 1 aromatic rings. The Hall–Kier alpha value is -1.06. The number of hydrogen-bond donors (Lipinski definition) is 2. The first-order valence-corrected chi connectivity index (χ1v) is 7.66. The Labute approximate surface area is 134 Å². The van der Waals surface area contributed by atoms with Gasteiger partial charge in [-0.2, -0.15) is 0 Å². The molecule has 1 unspecified atom stereocenters. The van der Waals surface area contributed by atoms with E-state index in [1.165, 1.54) is 36.0 Å². The van der Waals surface area contributed by atoms with Crippen molar-refractivity contribution in [2.75, 3.05) is 0 Å². The average molecular weight is 311 g/mol. The minimum absolute atomic E-state index is 0. The number of carbonyl (C=O) groups is 1. The van der Waals surface area contributed by atoms with Crippen molar-refractivity contribution in [1.29, 1.82) is 0 Å². The highest BCUT2D eigenvalue weighted by Crippen LogP contribution is 2.24. The molecule has 0 saturated carbocycles. The van der Waals surface area contributed by atoms with E-state index < -0.39 is 6.04 Å². The van der Waals surface area contributed by atoms with Gasteiger partial charge in [0.1, 0.15) is 0 Å². The van der Waals surface area contributed by atoms with Gasteiger partial charge in [0.15, 0.2) is 0 Å². The molecule has 0 fully saturated rings. The summed E-state index contributed by atoms with van der Waals surface area (Å²) in [6, 6.07) is 6.18. The molecule has 0 saturated heterocycles. The molecule has 1 aromatic carbocycles. The van der Waals surface area contributed by atoms with E-state index in [2.05, 4.69) is 23.5 Å². The van der Waals surface area contributed by atoms with Crippen LogP contribution in [0.5, 0.6) is 0 Å². The summed E-state index contributed by atoms with van der Waals surface area (Å²) in [5.74, 6) is 0.0935. The summed E-state index contributed by atoms with van der Waals surface area (Å²) < 4.78 is 0. The third-order valence-corrected chi connectivity index (χ3v) is 4.25. The first-order valence-electron chi connectivity index (χ1n) is 7.66. The number of aryl methyl sites for hydroxylation is 2. The number of amides is 1. The third-order valence-electron chi connectivity index (χ3n) is 4.25. The molecule has 3 nitrogen and oxygen atoms in total. The van der Waals surface area contributed by atoms with Crippen LogP contribution in [0, 0.1) is 5.92 Å². The van der Waals surface area contributed by atoms with Crippen molar-refractivity contribution < 1.29 is 4.79 Å². The minimum atomic E-state index is -0.435. The summed E-state index contributed by atoms with van der Waals surface area (Å²) >= 11 is 0. The van der Waals surface area contributed by atoms with Crippen LogP contribution >= 0.6 is 12.4 Å². The molecule has 3 N–H and O–H groups in total. The van der Waals surface area contributed by atoms with Crippen LogP contribution in [-0.4, -0.2) is 11.9 Å². The van der Waals surface area contributed by atoms with Gasteiger partial charge < -0.3 is 11.1 Å². The summed E-state index contributed by atoms with van der Waals surface area (Å²) in [5.41, 5.74) is 9.98. The number of hydrogen-bond acceptors (Lipinski definition) is 2. The molecular weight excluding hydrogens is 284 g/mol. The Morgan fingerprint density at radius 2 is 1.76 bits per heavy atom. The van der Waals surface area contributed by atoms with Gasteiger partial charge >= 0.3 is 0 Å². The zero-order valence-electron chi connectivity index (χ0n) is 13.2. The van der Waals surface area contributed by atoms with E-state index >= 15 is 0 Å². The van der Waals surface area contributed by atoms with Gasteiger partial charge in [-0.1, -0.05) is 32.0 Å². The molecule has 0 radical (unpaired) electrons. The largest absolute Gasteiger partial charge is 0.348 e. The van der Waals surface area contributed by atoms with Gasteiger partial charge in [-0.3, -0.25) is 4.79 Å². The minimum Gasteiger partial charge on any atom is -0.348 e. The fourth-order valence-corrected chi connectivity index (χ4v) is 2.72. The maximum atomic E-state index is 12.0. The molecule has 0 heterocycles. The third kappa shape index (κ3) is 4.45. The SMILES string of the molecule is CC(NC(=O)[C@H](N)C(C)C)c1ccc2c(c1)CCCC2.Cl. The predicted molar refractivity (Wildman–Crippen MR) is 89.7 cm³/mol. The summed E-state index contributed by atoms with van der Waals surface area (Å²) in [4.78, 5) is 12.0. The van der Waals surface area contributed by atoms with Gasteiger partial charge in [0.25, 0.3) is 0 Å². The molecule has 21 heavy (non-hydrogen) atoms. The molecule has 4 heteroatoms. The van der Waals surface area contributed by atoms with Crippen molar-refractivity contribution in [2.24, 2.45) is 11.7 Å². The van der Waals surface area contributed by atoms with Crippen LogP contribution in [0.2, 0.25) is 0 Å². The monoisotopic (exact) mass is 310 g/mol. The standard InChI is InChI=1S/C17H26N2O.ClH/c1-11(2)16(18)17(20)19-12(3)14-9-8-13-6-4-5-7-15(13)10-14;/h8-12,16H,4-7,18H2,1-3H3,(H,19,20);1H/t12?,16-;/m1./s1. The normalized spacial score (nSPS) is 16.6. The van der Waals surface area contributed by atoms with Crippen LogP contribution in [0.15, 0.2) is 18.2 Å². The second kappa shape index (κ2) is 7.81. The molecule has 1 amide bonds. The van der Waals surface area contributed by atoms with Crippen LogP contribution in [-0.2, 0) is 17.6 Å². The highest BCUT2D eigenvalue weighted by molar-refractivity contribution is 5.85. The van der Waals surface area contributed by atoms with Crippen molar-refractivity contribution in [3.05, 3.63) is 34.9 Å². The number of carbonyl (C=O) groups excluding carboxylic acids is 1. The van der Waals surface area contributed by atoms with E-state index in [0.29, 0.717) is 0 Å². The first-order chi connectivity index (χ1) is 9.49. The molecule has 0 spiro atoms. The summed E-state index contributed by atoms with van der Waals surface area (Å²) in [7, 11) is 0. The van der Waals surface area contributed by atoms with Gasteiger partial charge in [-0.25, -0.2) is 0 Å². The molecule has 1 aliphatic carbocycles. The zero-order chi connectivity index (χ0) is 14.7. The molecular formula is C17H27ClN2O. The Morgan fingerprint density at radius 1 is 1.14 bits per heavy atom. The van der Waals surface area contributed by atoms with Gasteiger partial charge in [-0.15, -0.1) is 12.4 Å². The molecule has 2 rings (SSSR count). The van der Waals surface area contributed by atoms with Crippen molar-refractivity contribution in [2.45, 2.75) is 58.5 Å². The lowest BCUT2D eigenvalue weighted by atomic mass is 9.89. The quantitative estimate of drug-likeness (QED) is 0.897. The molecule has 0 aliphatic heterocycles. The van der Waals surface area contributed by atoms with E-state index in [-0.39, 0.29) is 30.3 Å². The number of fused-ring (bicyclic) bond motifs is 1. The van der Waals surface area contributed by atoms with Crippen molar-refractivity contribution >= 4 is 18.3 Å². The fourth-order valence-electron chi connectivity index (χ4n) is 2.72. The Kier molecular flexibility index (Phi) is 6.69. The molecule has 0 bridgehead atoms. The van der Waals surface area contributed by atoms with Crippen molar-refractivity contribution in [3.63, 3.8) is 0 Å². The topological polar surface area (TPSA) is 55.1 Å². The summed E-state index contributed by atoms with van der Waals surface area (Å²) in [6.45, 7) is 5.96.